The lowest BCUT2D eigenvalue weighted by Crippen LogP contribution is -2.64. The Balaban J connectivity index is 1.46. The second-order valence-corrected chi connectivity index (χ2v) is 10.0. The van der Waals surface area contributed by atoms with Crippen LogP contribution >= 0.6 is 0 Å². The predicted molar refractivity (Wildman–Crippen MR) is 115 cm³/mol. The molecule has 4 bridgehead atoms. The van der Waals surface area contributed by atoms with Gasteiger partial charge in [-0.3, -0.25) is 14.4 Å². The third-order valence-corrected chi connectivity index (χ3v) is 7.47. The fourth-order valence-corrected chi connectivity index (χ4v) is 6.92. The number of rotatable bonds is 7. The average Bonchev–Trinajstić information content (AvgIpc) is 2.98. The highest BCUT2D eigenvalue weighted by atomic mass is 16.5. The number of carbonyl (C=O) groups is 4. The minimum Gasteiger partial charge on any atom is -0.462 e. The van der Waals surface area contributed by atoms with E-state index >= 15 is 0 Å². The highest BCUT2D eigenvalue weighted by Gasteiger charge is 2.61. The molecule has 4 fully saturated rings. The number of amides is 1. The van der Waals surface area contributed by atoms with Crippen LogP contribution in [0.25, 0.3) is 0 Å². The van der Waals surface area contributed by atoms with E-state index in [1.807, 2.05) is 0 Å². The minimum absolute atomic E-state index is 0.0689. The summed E-state index contributed by atoms with van der Waals surface area (Å²) in [5, 5.41) is 3.13. The molecule has 174 valence electrons. The Morgan fingerprint density at radius 2 is 1.72 bits per heavy atom. The highest BCUT2D eigenvalue weighted by molar-refractivity contribution is 6.02. The molecule has 0 aliphatic heterocycles. The lowest BCUT2D eigenvalue weighted by molar-refractivity contribution is -0.174. The molecule has 0 spiro atoms. The van der Waals surface area contributed by atoms with E-state index in [4.69, 9.17) is 9.47 Å². The molecular weight excluding hydrogens is 412 g/mol. The van der Waals surface area contributed by atoms with E-state index in [2.05, 4.69) is 10.3 Å². The van der Waals surface area contributed by atoms with Crippen LogP contribution in [0.2, 0.25) is 0 Å². The number of ether oxygens (including phenoxy) is 2. The largest absolute Gasteiger partial charge is 0.462 e. The number of nitrogens with one attached hydrogen (secondary N) is 2. The lowest BCUT2D eigenvalue weighted by atomic mass is 9.47. The van der Waals surface area contributed by atoms with Gasteiger partial charge in [0, 0.05) is 18.2 Å². The lowest BCUT2D eigenvalue weighted by Gasteiger charge is -2.60. The van der Waals surface area contributed by atoms with Crippen LogP contribution in [0.15, 0.2) is 0 Å². The molecule has 2 unspecified atom stereocenters. The molecule has 8 heteroatoms. The maximum Gasteiger partial charge on any atom is 0.340 e. The summed E-state index contributed by atoms with van der Waals surface area (Å²) in [5.41, 5.74) is 0.693. The Morgan fingerprint density at radius 3 is 2.31 bits per heavy atom. The first kappa shape index (κ1) is 22.6. The fraction of sp³-hybridized carbons (Fsp3) is 0.667. The van der Waals surface area contributed by atoms with E-state index < -0.39 is 11.4 Å². The first-order valence-electron chi connectivity index (χ1n) is 11.4. The summed E-state index contributed by atoms with van der Waals surface area (Å²) in [4.78, 5) is 53.0. The maximum atomic E-state index is 13.2. The zero-order valence-electron chi connectivity index (χ0n) is 19.3. The third kappa shape index (κ3) is 3.84. The number of aryl methyl sites for hydroxylation is 1. The number of carbonyl (C=O) groups excluding carboxylic acids is 4. The quantitative estimate of drug-likeness (QED) is 0.494. The monoisotopic (exact) mass is 444 g/mol. The van der Waals surface area contributed by atoms with Crippen LogP contribution in [0, 0.1) is 31.1 Å². The van der Waals surface area contributed by atoms with Crippen molar-refractivity contribution < 1.29 is 28.7 Å². The molecule has 4 atom stereocenters. The van der Waals surface area contributed by atoms with Crippen LogP contribution in [0.4, 0.5) is 0 Å². The van der Waals surface area contributed by atoms with E-state index in [-0.39, 0.29) is 42.1 Å². The first-order chi connectivity index (χ1) is 15.1. The number of aromatic nitrogens is 1. The second kappa shape index (κ2) is 8.05. The standard InChI is InChI=1S/C24H32N2O6/c1-5-31-21(29)19-13(2)20(25-14(19)3)18(28)11-32-22(30)23-7-16-6-17(8-23)10-24(9-16,12-23)26-15(4)27/h16-17,25H,5-12H2,1-4H3,(H,26,27)/t16-,17+,23?,24?. The van der Waals surface area contributed by atoms with Crippen LogP contribution in [0.1, 0.15) is 84.5 Å². The van der Waals surface area contributed by atoms with Crippen LogP contribution in [0.3, 0.4) is 0 Å². The van der Waals surface area contributed by atoms with Gasteiger partial charge in [-0.2, -0.15) is 0 Å². The molecule has 1 heterocycles. The van der Waals surface area contributed by atoms with Crippen LogP contribution in [-0.4, -0.2) is 47.4 Å². The van der Waals surface area contributed by atoms with Crippen molar-refractivity contribution >= 4 is 23.6 Å². The Morgan fingerprint density at radius 1 is 1.06 bits per heavy atom. The zero-order valence-corrected chi connectivity index (χ0v) is 19.3. The van der Waals surface area contributed by atoms with Crippen LogP contribution < -0.4 is 5.32 Å². The normalized spacial score (nSPS) is 30.1. The molecule has 2 N–H and O–H groups in total. The van der Waals surface area contributed by atoms with Gasteiger partial charge in [-0.1, -0.05) is 0 Å². The summed E-state index contributed by atoms with van der Waals surface area (Å²) in [5.74, 6) is -0.483. The smallest absolute Gasteiger partial charge is 0.340 e. The summed E-state index contributed by atoms with van der Waals surface area (Å²) < 4.78 is 10.6. The van der Waals surface area contributed by atoms with Gasteiger partial charge in [0.15, 0.2) is 6.61 Å². The van der Waals surface area contributed by atoms with E-state index in [1.54, 1.807) is 20.8 Å². The van der Waals surface area contributed by atoms with Crippen molar-refractivity contribution in [1.29, 1.82) is 0 Å². The number of aromatic amines is 1. The molecular formula is C24H32N2O6. The van der Waals surface area contributed by atoms with Gasteiger partial charge in [0.05, 0.1) is 23.3 Å². The molecule has 4 aliphatic carbocycles. The highest BCUT2D eigenvalue weighted by Crippen LogP contribution is 2.62. The number of esters is 2. The van der Waals surface area contributed by atoms with Crippen molar-refractivity contribution in [2.24, 2.45) is 17.3 Å². The van der Waals surface area contributed by atoms with Gasteiger partial charge in [0.1, 0.15) is 0 Å². The number of hydrogen-bond acceptors (Lipinski definition) is 6. The van der Waals surface area contributed by atoms with Crippen LogP contribution in [-0.2, 0) is 19.1 Å². The van der Waals surface area contributed by atoms with E-state index in [9.17, 15) is 19.2 Å². The first-order valence-corrected chi connectivity index (χ1v) is 11.4. The topological polar surface area (TPSA) is 115 Å². The Hall–Kier alpha value is -2.64. The van der Waals surface area contributed by atoms with Crippen molar-refractivity contribution in [1.82, 2.24) is 10.3 Å². The SMILES string of the molecule is CCOC(=O)c1c(C)[nH]c(C(=O)COC(=O)C23C[C@@H]4C[C@@H](CC(NC(C)=O)(C4)C2)C3)c1C. The van der Waals surface area contributed by atoms with Gasteiger partial charge in [-0.05, 0) is 76.7 Å². The summed E-state index contributed by atoms with van der Waals surface area (Å²) in [7, 11) is 0. The van der Waals surface area contributed by atoms with Crippen molar-refractivity contribution in [2.75, 3.05) is 13.2 Å². The van der Waals surface area contributed by atoms with Gasteiger partial charge < -0.3 is 19.8 Å². The summed E-state index contributed by atoms with van der Waals surface area (Å²) in [6.45, 7) is 6.49. The molecule has 1 aromatic rings. The summed E-state index contributed by atoms with van der Waals surface area (Å²) in [6.07, 6.45) is 5.00. The molecule has 0 saturated heterocycles. The van der Waals surface area contributed by atoms with Crippen molar-refractivity contribution in [3.05, 3.63) is 22.5 Å². The number of H-pyrrole nitrogens is 1. The van der Waals surface area contributed by atoms with Gasteiger partial charge in [0.2, 0.25) is 11.7 Å². The minimum atomic E-state index is -0.635. The Bertz CT molecular complexity index is 963. The molecule has 5 rings (SSSR count). The number of ketones is 1. The van der Waals surface area contributed by atoms with Crippen molar-refractivity contribution in [2.45, 2.75) is 71.8 Å². The van der Waals surface area contributed by atoms with E-state index in [0.29, 0.717) is 35.1 Å². The summed E-state index contributed by atoms with van der Waals surface area (Å²) in [6, 6.07) is 0. The average molecular weight is 445 g/mol. The third-order valence-electron chi connectivity index (χ3n) is 7.47. The molecule has 1 amide bonds. The van der Waals surface area contributed by atoms with Gasteiger partial charge in [0.25, 0.3) is 0 Å². The van der Waals surface area contributed by atoms with Gasteiger partial charge >= 0.3 is 11.9 Å². The van der Waals surface area contributed by atoms with Gasteiger partial charge in [-0.15, -0.1) is 0 Å². The Labute approximate surface area is 187 Å². The van der Waals surface area contributed by atoms with E-state index in [0.717, 1.165) is 32.1 Å². The van der Waals surface area contributed by atoms with Crippen molar-refractivity contribution in [3.8, 4) is 0 Å². The van der Waals surface area contributed by atoms with Crippen LogP contribution in [0.5, 0.6) is 0 Å². The number of hydrogen-bond donors (Lipinski definition) is 2. The Kier molecular flexibility index (Phi) is 5.67. The van der Waals surface area contributed by atoms with E-state index in [1.165, 1.54) is 6.92 Å². The number of Topliss-reactive ketones (excluding diaryl/α,β-unsaturated/α-hetero) is 1. The molecule has 4 saturated carbocycles. The fourth-order valence-electron chi connectivity index (χ4n) is 6.92. The molecule has 0 radical (unpaired) electrons. The molecule has 4 aliphatic rings. The van der Waals surface area contributed by atoms with Gasteiger partial charge in [-0.25, -0.2) is 4.79 Å². The predicted octanol–water partition coefficient (Wildman–Crippen LogP) is 3.01. The summed E-state index contributed by atoms with van der Waals surface area (Å²) >= 11 is 0. The second-order valence-electron chi connectivity index (χ2n) is 10.0. The molecule has 8 nitrogen and oxygen atoms in total. The molecule has 32 heavy (non-hydrogen) atoms. The zero-order chi connectivity index (χ0) is 23.3. The van der Waals surface area contributed by atoms with Crippen molar-refractivity contribution in [3.63, 3.8) is 0 Å². The molecule has 0 aromatic carbocycles. The maximum absolute atomic E-state index is 13.2. The molecule has 1 aromatic heterocycles.